The number of thiazole rings is 1. The van der Waals surface area contributed by atoms with Crippen LogP contribution in [0.5, 0.6) is 5.75 Å². The van der Waals surface area contributed by atoms with E-state index in [4.69, 9.17) is 21.3 Å². The Morgan fingerprint density at radius 3 is 2.75 bits per heavy atom. The van der Waals surface area contributed by atoms with E-state index in [9.17, 15) is 4.79 Å². The van der Waals surface area contributed by atoms with Crippen molar-refractivity contribution in [3.63, 3.8) is 0 Å². The van der Waals surface area contributed by atoms with E-state index in [-0.39, 0.29) is 5.91 Å². The van der Waals surface area contributed by atoms with Crippen molar-refractivity contribution in [2.75, 3.05) is 12.0 Å². The number of pyridine rings is 1. The van der Waals surface area contributed by atoms with Gasteiger partial charge in [-0.3, -0.25) is 14.7 Å². The molecule has 0 bridgehead atoms. The van der Waals surface area contributed by atoms with Gasteiger partial charge in [0.1, 0.15) is 11.3 Å². The lowest BCUT2D eigenvalue weighted by Gasteiger charge is -2.19. The maximum absolute atomic E-state index is 13.3. The Morgan fingerprint density at radius 2 is 2.07 bits per heavy atom. The normalized spacial score (nSPS) is 11.0. The van der Waals surface area contributed by atoms with Crippen molar-refractivity contribution in [3.8, 4) is 5.75 Å². The molecular weight excluding hydrogens is 414 g/mol. The van der Waals surface area contributed by atoms with E-state index in [0.717, 1.165) is 21.3 Å². The number of carbonyl (C=O) groups excluding carboxylic acids is 1. The first-order valence-electron chi connectivity index (χ1n) is 8.47. The molecule has 0 spiro atoms. The van der Waals surface area contributed by atoms with Crippen LogP contribution in [0.15, 0.2) is 48.8 Å². The minimum atomic E-state index is -0.142. The van der Waals surface area contributed by atoms with Gasteiger partial charge in [-0.05, 0) is 42.3 Å². The number of ether oxygens (including phenoxy) is 1. The van der Waals surface area contributed by atoms with Crippen LogP contribution in [0.1, 0.15) is 20.8 Å². The minimum absolute atomic E-state index is 0.142. The quantitative estimate of drug-likeness (QED) is 0.416. The van der Waals surface area contributed by atoms with Gasteiger partial charge in [-0.2, -0.15) is 0 Å². The summed E-state index contributed by atoms with van der Waals surface area (Å²) >= 11 is 8.78. The van der Waals surface area contributed by atoms with Crippen molar-refractivity contribution in [1.82, 2.24) is 9.97 Å². The van der Waals surface area contributed by atoms with Crippen molar-refractivity contribution in [3.05, 3.63) is 69.1 Å². The summed E-state index contributed by atoms with van der Waals surface area (Å²) in [5.74, 6) is 0.549. The second-order valence-electron chi connectivity index (χ2n) is 6.12. The summed E-state index contributed by atoms with van der Waals surface area (Å²) in [7, 11) is 1.62. The lowest BCUT2D eigenvalue weighted by molar-refractivity contribution is 0.0989. The number of benzene rings is 1. The van der Waals surface area contributed by atoms with Gasteiger partial charge in [0, 0.05) is 12.4 Å². The first-order valence-corrected chi connectivity index (χ1v) is 10.5. The van der Waals surface area contributed by atoms with Crippen LogP contribution in [0.3, 0.4) is 0 Å². The van der Waals surface area contributed by atoms with Crippen LogP contribution < -0.4 is 9.64 Å². The van der Waals surface area contributed by atoms with Crippen LogP contribution >= 0.6 is 34.3 Å². The summed E-state index contributed by atoms with van der Waals surface area (Å²) in [6.45, 7) is 2.39. The van der Waals surface area contributed by atoms with Crippen molar-refractivity contribution < 1.29 is 9.53 Å². The molecule has 0 radical (unpaired) electrons. The van der Waals surface area contributed by atoms with E-state index in [1.165, 1.54) is 22.7 Å². The number of amides is 1. The molecule has 0 unspecified atom stereocenters. The molecule has 0 saturated carbocycles. The van der Waals surface area contributed by atoms with E-state index < -0.39 is 0 Å². The first kappa shape index (κ1) is 18.9. The van der Waals surface area contributed by atoms with Crippen LogP contribution in [0.25, 0.3) is 10.2 Å². The second kappa shape index (κ2) is 7.87. The number of aromatic nitrogens is 2. The van der Waals surface area contributed by atoms with E-state index in [2.05, 4.69) is 4.98 Å². The van der Waals surface area contributed by atoms with Gasteiger partial charge < -0.3 is 4.74 Å². The monoisotopic (exact) mass is 429 g/mol. The molecule has 4 aromatic rings. The number of carbonyl (C=O) groups is 1. The summed E-state index contributed by atoms with van der Waals surface area (Å²) in [5.41, 5.74) is 2.77. The number of anilines is 1. The molecular formula is C20H16ClN3O2S2. The maximum Gasteiger partial charge on any atom is 0.270 e. The molecule has 3 heterocycles. The molecule has 0 aliphatic heterocycles. The van der Waals surface area contributed by atoms with Crippen molar-refractivity contribution in [1.29, 1.82) is 0 Å². The highest BCUT2D eigenvalue weighted by Gasteiger charge is 2.24. The molecule has 142 valence electrons. The largest absolute Gasteiger partial charge is 0.494 e. The van der Waals surface area contributed by atoms with Crippen molar-refractivity contribution >= 4 is 55.5 Å². The molecule has 5 nitrogen and oxygen atoms in total. The molecule has 1 amide bonds. The van der Waals surface area contributed by atoms with Gasteiger partial charge in [-0.25, -0.2) is 4.98 Å². The number of thiophene rings is 1. The molecule has 0 N–H and O–H groups in total. The van der Waals surface area contributed by atoms with E-state index in [1.807, 2.05) is 31.2 Å². The Labute approximate surface area is 175 Å². The van der Waals surface area contributed by atoms with Crippen molar-refractivity contribution in [2.24, 2.45) is 0 Å². The average molecular weight is 430 g/mol. The smallest absolute Gasteiger partial charge is 0.270 e. The third-order valence-electron chi connectivity index (χ3n) is 4.24. The van der Waals surface area contributed by atoms with Gasteiger partial charge in [0.25, 0.3) is 5.91 Å². The fourth-order valence-corrected chi connectivity index (χ4v) is 4.88. The average Bonchev–Trinajstić information content (AvgIpc) is 3.34. The Balaban J connectivity index is 1.82. The SMILES string of the molecule is COc1ccc(C)c2sc(N(Cc3cccnc3)C(=O)c3ccc(Cl)s3)nc12. The standard InChI is InChI=1S/C20H16ClN3O2S2/c1-12-5-6-14(26-2)17-18(12)28-20(23-17)24(11-13-4-3-9-22-10-13)19(25)15-7-8-16(21)27-15/h3-10H,11H2,1-2H3. The fraction of sp³-hybridized carbons (Fsp3) is 0.150. The summed E-state index contributed by atoms with van der Waals surface area (Å²) < 4.78 is 7.04. The molecule has 28 heavy (non-hydrogen) atoms. The predicted octanol–water partition coefficient (Wildman–Crippen LogP) is 5.57. The summed E-state index contributed by atoms with van der Waals surface area (Å²) in [6, 6.07) is 11.2. The van der Waals surface area contributed by atoms with Gasteiger partial charge in [0.15, 0.2) is 5.13 Å². The third-order valence-corrected chi connectivity index (χ3v) is 6.67. The molecule has 0 fully saturated rings. The molecule has 1 aromatic carbocycles. The Morgan fingerprint density at radius 1 is 1.21 bits per heavy atom. The summed E-state index contributed by atoms with van der Waals surface area (Å²) in [6.07, 6.45) is 3.46. The van der Waals surface area contributed by atoms with E-state index >= 15 is 0 Å². The minimum Gasteiger partial charge on any atom is -0.494 e. The van der Waals surface area contributed by atoms with Crippen molar-refractivity contribution in [2.45, 2.75) is 13.5 Å². The number of hydrogen-bond acceptors (Lipinski definition) is 6. The fourth-order valence-electron chi connectivity index (χ4n) is 2.84. The second-order valence-corrected chi connectivity index (χ2v) is 8.81. The molecule has 0 aliphatic rings. The topological polar surface area (TPSA) is 55.3 Å². The molecule has 0 aliphatic carbocycles. The number of rotatable bonds is 5. The highest BCUT2D eigenvalue weighted by molar-refractivity contribution is 7.22. The molecule has 0 saturated heterocycles. The summed E-state index contributed by atoms with van der Waals surface area (Å²) in [4.78, 5) is 24.4. The lowest BCUT2D eigenvalue weighted by atomic mass is 10.2. The number of fused-ring (bicyclic) bond motifs is 1. The van der Waals surface area contributed by atoms with Gasteiger partial charge >= 0.3 is 0 Å². The Kier molecular flexibility index (Phi) is 5.30. The molecule has 8 heteroatoms. The van der Waals surface area contributed by atoms with Crippen LogP contribution in [-0.4, -0.2) is 23.0 Å². The number of nitrogens with zero attached hydrogens (tertiary/aromatic N) is 3. The zero-order valence-electron chi connectivity index (χ0n) is 15.2. The maximum atomic E-state index is 13.3. The third kappa shape index (κ3) is 3.61. The number of methoxy groups -OCH3 is 1. The zero-order chi connectivity index (χ0) is 19.7. The van der Waals surface area contributed by atoms with Crippen LogP contribution in [0.2, 0.25) is 4.34 Å². The van der Waals surface area contributed by atoms with Gasteiger partial charge in [-0.15, -0.1) is 11.3 Å². The Bertz CT molecular complexity index is 1140. The highest BCUT2D eigenvalue weighted by Crippen LogP contribution is 2.37. The van der Waals surface area contributed by atoms with Gasteiger partial charge in [0.05, 0.1) is 27.6 Å². The van der Waals surface area contributed by atoms with Gasteiger partial charge in [-0.1, -0.05) is 35.1 Å². The lowest BCUT2D eigenvalue weighted by Crippen LogP contribution is -2.29. The van der Waals surface area contributed by atoms with E-state index in [0.29, 0.717) is 26.6 Å². The molecule has 0 atom stereocenters. The number of halogens is 1. The first-order chi connectivity index (χ1) is 13.6. The highest BCUT2D eigenvalue weighted by atomic mass is 35.5. The van der Waals surface area contributed by atoms with E-state index in [1.54, 1.807) is 36.5 Å². The summed E-state index contributed by atoms with van der Waals surface area (Å²) in [5, 5.41) is 0.612. The van der Waals surface area contributed by atoms with Crippen LogP contribution in [0, 0.1) is 6.92 Å². The van der Waals surface area contributed by atoms with Gasteiger partial charge in [0.2, 0.25) is 0 Å². The number of aryl methyl sites for hydroxylation is 1. The molecule has 4 rings (SSSR count). The predicted molar refractivity (Wildman–Crippen MR) is 115 cm³/mol. The number of hydrogen-bond donors (Lipinski definition) is 0. The Hall–Kier alpha value is -2.48. The van der Waals surface area contributed by atoms with Crippen LogP contribution in [0.4, 0.5) is 5.13 Å². The van der Waals surface area contributed by atoms with Crippen LogP contribution in [-0.2, 0) is 6.54 Å². The molecule has 3 aromatic heterocycles. The zero-order valence-corrected chi connectivity index (χ0v) is 17.6.